The lowest BCUT2D eigenvalue weighted by Gasteiger charge is -2.05. The van der Waals surface area contributed by atoms with E-state index in [1.165, 1.54) is 0 Å². The molecule has 0 fully saturated rings. The van der Waals surface area contributed by atoms with Gasteiger partial charge in [-0.3, -0.25) is 0 Å². The van der Waals surface area contributed by atoms with Crippen LogP contribution in [0.4, 0.5) is 18.0 Å². The van der Waals surface area contributed by atoms with Crippen molar-refractivity contribution in [2.24, 2.45) is 5.73 Å². The highest BCUT2D eigenvalue weighted by Gasteiger charge is 2.28. The number of benzene rings is 1. The number of hydrogen-bond donors (Lipinski definition) is 1. The zero-order valence-corrected chi connectivity index (χ0v) is 8.22. The summed E-state index contributed by atoms with van der Waals surface area (Å²) in [4.78, 5) is 8.60. The third kappa shape index (κ3) is 2.42. The molecule has 0 aliphatic rings. The smallest absolute Gasteiger partial charge is 0.334 e. The van der Waals surface area contributed by atoms with Gasteiger partial charge in [0.1, 0.15) is 5.82 Å². The molecule has 1 amide bonds. The minimum atomic E-state index is -5.03. The van der Waals surface area contributed by atoms with E-state index in [2.05, 4.69) is 9.92 Å². The Bertz CT molecular complexity index is 520. The topological polar surface area (TPSA) is 86.5 Å². The van der Waals surface area contributed by atoms with Crippen LogP contribution in [0.3, 0.4) is 0 Å². The van der Waals surface area contributed by atoms with E-state index in [9.17, 15) is 26.4 Å². The van der Waals surface area contributed by atoms with Gasteiger partial charge in [0.25, 0.3) is 0 Å². The molecule has 1 aromatic rings. The van der Waals surface area contributed by atoms with Crippen LogP contribution in [-0.4, -0.2) is 14.5 Å². The lowest BCUT2D eigenvalue weighted by atomic mass is 10.3. The minimum Gasteiger partial charge on any atom is -0.334 e. The summed E-state index contributed by atoms with van der Waals surface area (Å²) >= 11 is 0. The van der Waals surface area contributed by atoms with Gasteiger partial charge in [-0.25, -0.2) is 18.0 Å². The van der Waals surface area contributed by atoms with Crippen LogP contribution in [0.25, 0.3) is 0 Å². The van der Waals surface area contributed by atoms with Crippen molar-refractivity contribution in [3.05, 3.63) is 29.6 Å². The van der Waals surface area contributed by atoms with Crippen molar-refractivity contribution in [1.82, 2.24) is 0 Å². The number of carbonyl (C=O) groups excluding carboxylic acids is 1. The highest BCUT2D eigenvalue weighted by molar-refractivity contribution is 7.87. The SMILES string of the molecule is NC(=O)OS(=O)(=O)c1c(F)cc(F)cc1F. The predicted molar refractivity (Wildman–Crippen MR) is 44.2 cm³/mol. The molecule has 0 heterocycles. The van der Waals surface area contributed by atoms with Crippen molar-refractivity contribution in [3.8, 4) is 0 Å². The Labute approximate surface area is 87.7 Å². The number of rotatable bonds is 2. The normalized spacial score (nSPS) is 11.2. The lowest BCUT2D eigenvalue weighted by Crippen LogP contribution is -2.20. The average Bonchev–Trinajstić information content (AvgIpc) is 1.96. The van der Waals surface area contributed by atoms with Crippen molar-refractivity contribution >= 4 is 16.2 Å². The zero-order chi connectivity index (χ0) is 12.5. The fourth-order valence-electron chi connectivity index (χ4n) is 0.918. The van der Waals surface area contributed by atoms with E-state index < -0.39 is 38.6 Å². The Kier molecular flexibility index (Phi) is 3.08. The fraction of sp³-hybridized carbons (Fsp3) is 0. The number of carbonyl (C=O) groups is 1. The first-order chi connectivity index (χ1) is 7.24. The maximum Gasteiger partial charge on any atom is 0.420 e. The first-order valence-corrected chi connectivity index (χ1v) is 5.03. The molecule has 0 saturated heterocycles. The third-order valence-corrected chi connectivity index (χ3v) is 2.68. The first-order valence-electron chi connectivity index (χ1n) is 3.62. The Balaban J connectivity index is 3.39. The van der Waals surface area contributed by atoms with E-state index in [4.69, 9.17) is 0 Å². The minimum absolute atomic E-state index is 0.125. The summed E-state index contributed by atoms with van der Waals surface area (Å²) in [7, 11) is -5.03. The van der Waals surface area contributed by atoms with Crippen LogP contribution in [0.15, 0.2) is 17.0 Å². The largest absolute Gasteiger partial charge is 0.420 e. The lowest BCUT2D eigenvalue weighted by molar-refractivity contribution is 0.212. The van der Waals surface area contributed by atoms with Gasteiger partial charge < -0.3 is 9.92 Å². The molecule has 2 N–H and O–H groups in total. The van der Waals surface area contributed by atoms with E-state index in [1.54, 1.807) is 0 Å². The molecule has 0 aliphatic heterocycles. The fourth-order valence-corrected chi connectivity index (χ4v) is 1.81. The Morgan fingerprint density at radius 3 is 2.00 bits per heavy atom. The quantitative estimate of drug-likeness (QED) is 0.795. The van der Waals surface area contributed by atoms with E-state index in [0.717, 1.165) is 0 Å². The molecule has 0 radical (unpaired) electrons. The third-order valence-electron chi connectivity index (χ3n) is 1.40. The summed E-state index contributed by atoms with van der Waals surface area (Å²) in [5.74, 6) is -4.76. The summed E-state index contributed by atoms with van der Waals surface area (Å²) in [5, 5.41) is 0. The molecular weight excluding hydrogens is 251 g/mol. The van der Waals surface area contributed by atoms with Crippen LogP contribution < -0.4 is 5.73 Å². The molecule has 0 saturated carbocycles. The number of hydrogen-bond acceptors (Lipinski definition) is 4. The monoisotopic (exact) mass is 255 g/mol. The molecule has 0 atom stereocenters. The van der Waals surface area contributed by atoms with Crippen molar-refractivity contribution in [3.63, 3.8) is 0 Å². The maximum absolute atomic E-state index is 13.0. The second kappa shape index (κ2) is 4.00. The van der Waals surface area contributed by atoms with Gasteiger partial charge in [-0.2, -0.15) is 8.42 Å². The summed E-state index contributed by atoms with van der Waals surface area (Å²) < 4.78 is 64.1. The van der Waals surface area contributed by atoms with Gasteiger partial charge in [0.05, 0.1) is 0 Å². The van der Waals surface area contributed by atoms with Crippen molar-refractivity contribution in [2.45, 2.75) is 4.90 Å². The number of nitrogens with two attached hydrogens (primary N) is 1. The number of primary amides is 1. The van der Waals surface area contributed by atoms with Gasteiger partial charge in [-0.1, -0.05) is 0 Å². The molecule has 88 valence electrons. The molecule has 0 unspecified atom stereocenters. The Morgan fingerprint density at radius 2 is 1.62 bits per heavy atom. The van der Waals surface area contributed by atoms with Gasteiger partial charge in [0.15, 0.2) is 16.5 Å². The van der Waals surface area contributed by atoms with E-state index in [-0.39, 0.29) is 12.1 Å². The second-order valence-electron chi connectivity index (χ2n) is 2.56. The van der Waals surface area contributed by atoms with E-state index >= 15 is 0 Å². The van der Waals surface area contributed by atoms with Crippen LogP contribution in [0.5, 0.6) is 0 Å². The molecule has 9 heteroatoms. The average molecular weight is 255 g/mol. The predicted octanol–water partition coefficient (Wildman–Crippen LogP) is 0.888. The second-order valence-corrected chi connectivity index (χ2v) is 4.04. The number of halogens is 3. The highest BCUT2D eigenvalue weighted by Crippen LogP contribution is 2.21. The summed E-state index contributed by atoms with van der Waals surface area (Å²) in [6, 6.07) is 0.251. The van der Waals surface area contributed by atoms with E-state index in [1.807, 2.05) is 0 Å². The van der Waals surface area contributed by atoms with Crippen LogP contribution in [0.2, 0.25) is 0 Å². The molecule has 5 nitrogen and oxygen atoms in total. The summed E-state index contributed by atoms with van der Waals surface area (Å²) in [6.07, 6.45) is -1.76. The first kappa shape index (κ1) is 12.3. The van der Waals surface area contributed by atoms with Gasteiger partial charge in [0.2, 0.25) is 0 Å². The molecule has 16 heavy (non-hydrogen) atoms. The van der Waals surface area contributed by atoms with Gasteiger partial charge in [0, 0.05) is 12.1 Å². The number of amides is 1. The standard InChI is InChI=1S/C7H4F3NO4S/c8-3-1-4(9)6(5(10)2-3)16(13,14)15-7(11)12/h1-2H,(H2,11,12). The zero-order valence-electron chi connectivity index (χ0n) is 7.41. The van der Waals surface area contributed by atoms with Crippen molar-refractivity contribution in [1.29, 1.82) is 0 Å². The molecular formula is C7H4F3NO4S. The summed E-state index contributed by atoms with van der Waals surface area (Å²) in [6.45, 7) is 0. The molecule has 0 spiro atoms. The summed E-state index contributed by atoms with van der Waals surface area (Å²) in [5.41, 5.74) is 4.39. The van der Waals surface area contributed by atoms with Crippen LogP contribution in [0.1, 0.15) is 0 Å². The van der Waals surface area contributed by atoms with Crippen molar-refractivity contribution < 1.29 is 30.6 Å². The maximum atomic E-state index is 13.0. The molecule has 0 aliphatic carbocycles. The van der Waals surface area contributed by atoms with Gasteiger partial charge in [-0.15, -0.1) is 0 Å². The molecule has 1 rings (SSSR count). The van der Waals surface area contributed by atoms with Crippen molar-refractivity contribution in [2.75, 3.05) is 0 Å². The van der Waals surface area contributed by atoms with Gasteiger partial charge in [-0.05, 0) is 0 Å². The molecule has 0 bridgehead atoms. The van der Waals surface area contributed by atoms with Crippen LogP contribution in [-0.2, 0) is 14.3 Å². The molecule has 0 aromatic heterocycles. The van der Waals surface area contributed by atoms with Gasteiger partial charge >= 0.3 is 16.2 Å². The Hall–Kier alpha value is -1.77. The van der Waals surface area contributed by atoms with Crippen LogP contribution in [0, 0.1) is 17.5 Å². The highest BCUT2D eigenvalue weighted by atomic mass is 32.2. The van der Waals surface area contributed by atoms with E-state index in [0.29, 0.717) is 0 Å². The van der Waals surface area contributed by atoms with Crippen LogP contribution >= 0.6 is 0 Å². The Morgan fingerprint density at radius 1 is 1.19 bits per heavy atom. The molecule has 1 aromatic carbocycles.